The molecule has 1 unspecified atom stereocenters. The van der Waals surface area contributed by atoms with Crippen LogP contribution in [-0.2, 0) is 32.2 Å². The molecule has 26 heavy (non-hydrogen) atoms. The summed E-state index contributed by atoms with van der Waals surface area (Å²) in [5.41, 5.74) is 2.20. The van der Waals surface area contributed by atoms with E-state index < -0.39 is 18.4 Å². The van der Waals surface area contributed by atoms with E-state index >= 15 is 0 Å². The fourth-order valence-corrected chi connectivity index (χ4v) is 3.06. The first-order valence-electron chi connectivity index (χ1n) is 8.99. The molecule has 2 aromatic rings. The lowest BCUT2D eigenvalue weighted by molar-refractivity contribution is 0.104. The molecule has 138 valence electrons. The van der Waals surface area contributed by atoms with Crippen LogP contribution < -0.4 is 0 Å². The Balaban J connectivity index is 1.10. The molecule has 0 aromatic heterocycles. The summed E-state index contributed by atoms with van der Waals surface area (Å²) in [7, 11) is 0. The topological polar surface area (TPSA) is 43.5 Å². The maximum atomic E-state index is 14.4. The lowest BCUT2D eigenvalue weighted by Gasteiger charge is -2.04. The average Bonchev–Trinajstić information content (AvgIpc) is 3.59. The molecule has 0 aliphatic carbocycles. The molecule has 2 aliphatic heterocycles. The zero-order valence-corrected chi connectivity index (χ0v) is 14.5. The molecule has 0 amide bonds. The van der Waals surface area contributed by atoms with E-state index in [1.54, 1.807) is 0 Å². The summed E-state index contributed by atoms with van der Waals surface area (Å²) < 4.78 is 36.5. The van der Waals surface area contributed by atoms with Gasteiger partial charge in [-0.1, -0.05) is 60.7 Å². The lowest BCUT2D eigenvalue weighted by atomic mass is 10.1. The first-order chi connectivity index (χ1) is 12.8. The highest BCUT2D eigenvalue weighted by molar-refractivity contribution is 5.14. The summed E-state index contributed by atoms with van der Waals surface area (Å²) in [4.78, 5) is 0. The summed E-state index contributed by atoms with van der Waals surface area (Å²) in [6.45, 7) is 1.84. The molecule has 5 heteroatoms. The molecule has 0 N–H and O–H groups in total. The quantitative estimate of drug-likeness (QED) is 0.611. The second-order valence-electron chi connectivity index (χ2n) is 6.72. The number of benzene rings is 2. The molecule has 0 bridgehead atoms. The van der Waals surface area contributed by atoms with Crippen LogP contribution in [0.1, 0.15) is 11.1 Å². The highest BCUT2D eigenvalue weighted by Gasteiger charge is 2.56. The Labute approximate surface area is 152 Å². The van der Waals surface area contributed by atoms with Gasteiger partial charge in [-0.2, -0.15) is 0 Å². The van der Waals surface area contributed by atoms with Crippen LogP contribution in [0.15, 0.2) is 60.7 Å². The summed E-state index contributed by atoms with van der Waals surface area (Å²) in [6, 6.07) is 19.8. The highest BCUT2D eigenvalue weighted by atomic mass is 19.1. The maximum absolute atomic E-state index is 14.4. The molecule has 2 saturated heterocycles. The first kappa shape index (κ1) is 17.6. The lowest BCUT2D eigenvalue weighted by Crippen LogP contribution is -2.23. The van der Waals surface area contributed by atoms with Crippen LogP contribution in [0.2, 0.25) is 0 Å². The minimum atomic E-state index is -1.12. The number of rotatable bonds is 10. The second kappa shape index (κ2) is 8.27. The van der Waals surface area contributed by atoms with Gasteiger partial charge in [0.15, 0.2) is 6.17 Å². The minimum Gasteiger partial charge on any atom is -0.374 e. The minimum absolute atomic E-state index is 0.177. The smallest absolute Gasteiger partial charge is 0.157 e. The van der Waals surface area contributed by atoms with Crippen molar-refractivity contribution in [1.82, 2.24) is 0 Å². The van der Waals surface area contributed by atoms with Crippen molar-refractivity contribution in [1.29, 1.82) is 0 Å². The average molecular weight is 358 g/mol. The van der Waals surface area contributed by atoms with Crippen LogP contribution in [0.3, 0.4) is 0 Å². The molecular weight excluding hydrogens is 335 g/mol. The molecule has 4 nitrogen and oxygen atoms in total. The molecule has 5 atom stereocenters. The predicted molar refractivity (Wildman–Crippen MR) is 94.4 cm³/mol. The van der Waals surface area contributed by atoms with Gasteiger partial charge in [0.2, 0.25) is 0 Å². The molecule has 0 spiro atoms. The van der Waals surface area contributed by atoms with Crippen molar-refractivity contribution in [2.75, 3.05) is 13.2 Å². The van der Waals surface area contributed by atoms with Crippen LogP contribution in [0.25, 0.3) is 0 Å². The third-order valence-corrected chi connectivity index (χ3v) is 4.66. The van der Waals surface area contributed by atoms with E-state index in [1.165, 1.54) is 0 Å². The van der Waals surface area contributed by atoms with E-state index in [0.717, 1.165) is 11.1 Å². The van der Waals surface area contributed by atoms with Gasteiger partial charge < -0.3 is 18.9 Å². The Morgan fingerprint density at radius 3 is 1.58 bits per heavy atom. The van der Waals surface area contributed by atoms with Gasteiger partial charge in [-0.15, -0.1) is 0 Å². The van der Waals surface area contributed by atoms with Gasteiger partial charge in [0.05, 0.1) is 26.4 Å². The molecule has 2 aromatic carbocycles. The fraction of sp³-hybridized carbons (Fsp3) is 0.429. The number of alkyl halides is 1. The third-order valence-electron chi connectivity index (χ3n) is 4.66. The van der Waals surface area contributed by atoms with Gasteiger partial charge in [0.1, 0.15) is 24.4 Å². The number of ether oxygens (including phenoxy) is 4. The van der Waals surface area contributed by atoms with Crippen molar-refractivity contribution in [2.45, 2.75) is 43.8 Å². The summed E-state index contributed by atoms with van der Waals surface area (Å²) >= 11 is 0. The number of hydrogen-bond donors (Lipinski definition) is 0. The van der Waals surface area contributed by atoms with E-state index in [0.29, 0.717) is 26.4 Å². The van der Waals surface area contributed by atoms with E-state index in [1.807, 2.05) is 60.7 Å². The number of hydrogen-bond acceptors (Lipinski definition) is 4. The maximum Gasteiger partial charge on any atom is 0.157 e. The molecule has 2 fully saturated rings. The van der Waals surface area contributed by atoms with E-state index in [4.69, 9.17) is 18.9 Å². The van der Waals surface area contributed by atoms with E-state index in [9.17, 15) is 4.39 Å². The largest absolute Gasteiger partial charge is 0.374 e. The van der Waals surface area contributed by atoms with Gasteiger partial charge >= 0.3 is 0 Å². The number of epoxide rings is 2. The Morgan fingerprint density at radius 1 is 0.731 bits per heavy atom. The van der Waals surface area contributed by atoms with Crippen LogP contribution in [-0.4, -0.2) is 43.8 Å². The van der Waals surface area contributed by atoms with Crippen LogP contribution >= 0.6 is 0 Å². The summed E-state index contributed by atoms with van der Waals surface area (Å²) in [6.07, 6.45) is -2.32. The molecular formula is C21H23FO4. The second-order valence-corrected chi connectivity index (χ2v) is 6.72. The van der Waals surface area contributed by atoms with Crippen LogP contribution in [0.4, 0.5) is 4.39 Å². The van der Waals surface area contributed by atoms with Crippen molar-refractivity contribution in [2.24, 2.45) is 0 Å². The van der Waals surface area contributed by atoms with Crippen molar-refractivity contribution >= 4 is 0 Å². The SMILES string of the molecule is FC([C@H]1O[C@@H]1COCc1ccccc1)[C@@H]1O[C@H]1COCc1ccccc1. The molecule has 0 radical (unpaired) electrons. The zero-order chi connectivity index (χ0) is 17.8. The highest BCUT2D eigenvalue weighted by Crippen LogP contribution is 2.38. The third kappa shape index (κ3) is 4.68. The predicted octanol–water partition coefficient (Wildman–Crippen LogP) is 3.29. The van der Waals surface area contributed by atoms with Crippen molar-refractivity contribution in [3.8, 4) is 0 Å². The monoisotopic (exact) mass is 358 g/mol. The zero-order valence-electron chi connectivity index (χ0n) is 14.5. The van der Waals surface area contributed by atoms with Gasteiger partial charge in [-0.25, -0.2) is 4.39 Å². The Morgan fingerprint density at radius 2 is 1.15 bits per heavy atom. The Kier molecular flexibility index (Phi) is 5.60. The van der Waals surface area contributed by atoms with Gasteiger partial charge in [-0.3, -0.25) is 0 Å². The van der Waals surface area contributed by atoms with Gasteiger partial charge in [0, 0.05) is 0 Å². The standard InChI is InChI=1S/C21H23FO4/c22-19(20-17(25-20)13-23-11-15-7-3-1-4-8-15)21-18(26-21)14-24-12-16-9-5-2-6-10-16/h1-10,17-21H,11-14H2/t17-,18+,19?,20+,21-. The van der Waals surface area contributed by atoms with E-state index in [-0.39, 0.29) is 12.2 Å². The first-order valence-corrected chi connectivity index (χ1v) is 8.99. The molecule has 2 aliphatic rings. The number of halogens is 1. The normalized spacial score (nSPS) is 27.9. The summed E-state index contributed by atoms with van der Waals surface area (Å²) in [5.74, 6) is 0. The van der Waals surface area contributed by atoms with Gasteiger partial charge in [-0.05, 0) is 11.1 Å². The Hall–Kier alpha value is -1.79. The van der Waals surface area contributed by atoms with Crippen molar-refractivity contribution in [3.63, 3.8) is 0 Å². The molecule has 0 saturated carbocycles. The molecule has 2 heterocycles. The fourth-order valence-electron chi connectivity index (χ4n) is 3.06. The van der Waals surface area contributed by atoms with Crippen LogP contribution in [0.5, 0.6) is 0 Å². The van der Waals surface area contributed by atoms with Crippen LogP contribution in [0, 0.1) is 0 Å². The Bertz CT molecular complexity index is 621. The van der Waals surface area contributed by atoms with Crippen molar-refractivity contribution in [3.05, 3.63) is 71.8 Å². The van der Waals surface area contributed by atoms with Gasteiger partial charge in [0.25, 0.3) is 0 Å². The van der Waals surface area contributed by atoms with Crippen molar-refractivity contribution < 1.29 is 23.3 Å². The summed E-state index contributed by atoms with van der Waals surface area (Å²) in [5, 5.41) is 0. The van der Waals surface area contributed by atoms with E-state index in [2.05, 4.69) is 0 Å². The molecule has 4 rings (SSSR count).